The van der Waals surface area contributed by atoms with Gasteiger partial charge in [0, 0.05) is 0 Å². The van der Waals surface area contributed by atoms with Crippen molar-refractivity contribution >= 4 is 0 Å². The van der Waals surface area contributed by atoms with Crippen LogP contribution in [-0.2, 0) is 9.47 Å². The highest BCUT2D eigenvalue weighted by Crippen LogP contribution is 2.54. The number of epoxide rings is 2. The fraction of sp³-hybridized carbons (Fsp3) is 1.00. The van der Waals surface area contributed by atoms with Crippen LogP contribution in [0.2, 0.25) is 0 Å². The molecule has 2 heterocycles. The first kappa shape index (κ1) is 7.34. The zero-order chi connectivity index (χ0) is 8.40. The molecule has 0 bridgehead atoms. The van der Waals surface area contributed by atoms with E-state index in [0.29, 0.717) is 6.10 Å². The molecule has 3 aliphatic rings. The molecule has 0 aromatic rings. The molecule has 1 aliphatic carbocycles. The Labute approximate surface area is 73.2 Å². The number of hydrogen-bond acceptors (Lipinski definition) is 2. The molecular weight excluding hydrogens is 152 g/mol. The summed E-state index contributed by atoms with van der Waals surface area (Å²) in [5, 5.41) is 0. The third-order valence-corrected chi connectivity index (χ3v) is 3.99. The summed E-state index contributed by atoms with van der Waals surface area (Å²) < 4.78 is 11.1. The largest absolute Gasteiger partial charge is 0.370 e. The van der Waals surface area contributed by atoms with Crippen LogP contribution < -0.4 is 0 Å². The molecule has 2 saturated heterocycles. The van der Waals surface area contributed by atoms with E-state index < -0.39 is 0 Å². The van der Waals surface area contributed by atoms with Gasteiger partial charge in [-0.1, -0.05) is 0 Å². The van der Waals surface area contributed by atoms with E-state index >= 15 is 0 Å². The monoisotopic (exact) mass is 168 g/mol. The lowest BCUT2D eigenvalue weighted by molar-refractivity contribution is 0.191. The Kier molecular flexibility index (Phi) is 1.15. The van der Waals surface area contributed by atoms with Crippen molar-refractivity contribution in [1.82, 2.24) is 0 Å². The highest BCUT2D eigenvalue weighted by atomic mass is 16.6. The number of rotatable bonds is 1. The van der Waals surface area contributed by atoms with Crippen LogP contribution in [0.4, 0.5) is 0 Å². The van der Waals surface area contributed by atoms with Crippen molar-refractivity contribution in [2.75, 3.05) is 6.61 Å². The topological polar surface area (TPSA) is 25.1 Å². The van der Waals surface area contributed by atoms with Gasteiger partial charge in [0.15, 0.2) is 0 Å². The van der Waals surface area contributed by atoms with E-state index in [1.165, 1.54) is 19.3 Å². The Hall–Kier alpha value is -0.0800. The molecule has 0 radical (unpaired) electrons. The average molecular weight is 168 g/mol. The second-order valence-electron chi connectivity index (χ2n) is 4.99. The maximum Gasteiger partial charge on any atom is 0.0920 e. The Morgan fingerprint density at radius 3 is 2.58 bits per heavy atom. The second kappa shape index (κ2) is 1.88. The fourth-order valence-corrected chi connectivity index (χ4v) is 2.55. The van der Waals surface area contributed by atoms with Gasteiger partial charge in [0.1, 0.15) is 0 Å². The quantitative estimate of drug-likeness (QED) is 0.557. The summed E-state index contributed by atoms with van der Waals surface area (Å²) in [6, 6.07) is 0. The smallest absolute Gasteiger partial charge is 0.0920 e. The van der Waals surface area contributed by atoms with E-state index in [-0.39, 0.29) is 11.2 Å². The first-order valence-corrected chi connectivity index (χ1v) is 4.94. The molecule has 0 aromatic carbocycles. The Balaban J connectivity index is 1.70. The first-order chi connectivity index (χ1) is 5.62. The third-order valence-electron chi connectivity index (χ3n) is 3.99. The lowest BCUT2D eigenvalue weighted by atomic mass is 9.77. The molecule has 0 spiro atoms. The van der Waals surface area contributed by atoms with Crippen molar-refractivity contribution in [1.29, 1.82) is 0 Å². The maximum absolute atomic E-state index is 5.66. The molecule has 2 nitrogen and oxygen atoms in total. The Bertz CT molecular complexity index is 222. The van der Waals surface area contributed by atoms with Gasteiger partial charge < -0.3 is 9.47 Å². The van der Waals surface area contributed by atoms with Crippen LogP contribution in [0, 0.1) is 5.92 Å². The third kappa shape index (κ3) is 0.882. The molecule has 2 aliphatic heterocycles. The van der Waals surface area contributed by atoms with Gasteiger partial charge in [-0.25, -0.2) is 0 Å². The van der Waals surface area contributed by atoms with E-state index in [1.807, 2.05) is 0 Å². The molecule has 0 aromatic heterocycles. The van der Waals surface area contributed by atoms with Crippen molar-refractivity contribution in [3.8, 4) is 0 Å². The lowest BCUT2D eigenvalue weighted by Crippen LogP contribution is -2.29. The molecule has 0 N–H and O–H groups in total. The summed E-state index contributed by atoms with van der Waals surface area (Å²) in [5.74, 6) is 0.762. The predicted molar refractivity (Wildman–Crippen MR) is 45.0 cm³/mol. The van der Waals surface area contributed by atoms with Crippen molar-refractivity contribution in [3.05, 3.63) is 0 Å². The molecule has 4 atom stereocenters. The summed E-state index contributed by atoms with van der Waals surface area (Å²) >= 11 is 0. The minimum atomic E-state index is 0.229. The van der Waals surface area contributed by atoms with Crippen LogP contribution in [0.3, 0.4) is 0 Å². The van der Waals surface area contributed by atoms with Gasteiger partial charge in [-0.2, -0.15) is 0 Å². The minimum absolute atomic E-state index is 0.229. The number of fused-ring (bicyclic) bond motifs is 1. The van der Waals surface area contributed by atoms with Crippen LogP contribution in [0.25, 0.3) is 0 Å². The second-order valence-corrected chi connectivity index (χ2v) is 4.99. The van der Waals surface area contributed by atoms with Gasteiger partial charge >= 0.3 is 0 Å². The number of hydrogen-bond donors (Lipinski definition) is 0. The van der Waals surface area contributed by atoms with Crippen LogP contribution in [0.15, 0.2) is 0 Å². The molecule has 3 rings (SSSR count). The predicted octanol–water partition coefficient (Wildman–Crippen LogP) is 1.73. The van der Waals surface area contributed by atoms with Crippen molar-refractivity contribution < 1.29 is 9.47 Å². The average Bonchev–Trinajstić information content (AvgIpc) is 2.86. The van der Waals surface area contributed by atoms with Crippen molar-refractivity contribution in [3.63, 3.8) is 0 Å². The molecule has 1 saturated carbocycles. The standard InChI is InChI=1S/C10H16O2/c1-9-4-3-7(5-8(9)12-9)10(2)6-11-10/h7-8H,3-6H2,1-2H3/t7?,8?,9-,10?/m0/s1. The Morgan fingerprint density at radius 2 is 2.00 bits per heavy atom. The first-order valence-electron chi connectivity index (χ1n) is 4.94. The van der Waals surface area contributed by atoms with Crippen molar-refractivity contribution in [2.45, 2.75) is 50.4 Å². The van der Waals surface area contributed by atoms with Crippen LogP contribution in [0.5, 0.6) is 0 Å². The fourth-order valence-electron chi connectivity index (χ4n) is 2.55. The van der Waals surface area contributed by atoms with E-state index in [4.69, 9.17) is 9.47 Å². The minimum Gasteiger partial charge on any atom is -0.370 e. The summed E-state index contributed by atoms with van der Waals surface area (Å²) in [7, 11) is 0. The normalized spacial score (nSPS) is 62.5. The van der Waals surface area contributed by atoms with Gasteiger partial charge in [-0.3, -0.25) is 0 Å². The molecular formula is C10H16O2. The molecule has 3 unspecified atom stereocenters. The highest BCUT2D eigenvalue weighted by molar-refractivity contribution is 5.08. The van der Waals surface area contributed by atoms with Crippen LogP contribution in [0.1, 0.15) is 33.1 Å². The van der Waals surface area contributed by atoms with Gasteiger partial charge in [-0.15, -0.1) is 0 Å². The van der Waals surface area contributed by atoms with Gasteiger partial charge in [0.2, 0.25) is 0 Å². The zero-order valence-corrected chi connectivity index (χ0v) is 7.80. The van der Waals surface area contributed by atoms with Crippen LogP contribution >= 0.6 is 0 Å². The number of ether oxygens (including phenoxy) is 2. The van der Waals surface area contributed by atoms with Gasteiger partial charge in [0.25, 0.3) is 0 Å². The molecule has 0 amide bonds. The summed E-state index contributed by atoms with van der Waals surface area (Å²) in [4.78, 5) is 0. The SMILES string of the molecule is CC1(C2CC[C@]3(C)OC3C2)CO1. The zero-order valence-electron chi connectivity index (χ0n) is 7.80. The molecule has 12 heavy (non-hydrogen) atoms. The molecule has 3 fully saturated rings. The molecule has 68 valence electrons. The summed E-state index contributed by atoms with van der Waals surface area (Å²) in [5.41, 5.74) is 0.495. The maximum atomic E-state index is 5.66. The Morgan fingerprint density at radius 1 is 1.25 bits per heavy atom. The van der Waals surface area contributed by atoms with E-state index in [9.17, 15) is 0 Å². The van der Waals surface area contributed by atoms with Gasteiger partial charge in [-0.05, 0) is 39.0 Å². The molecule has 2 heteroatoms. The van der Waals surface area contributed by atoms with Gasteiger partial charge in [0.05, 0.1) is 23.9 Å². The summed E-state index contributed by atoms with van der Waals surface area (Å²) in [6.07, 6.45) is 4.31. The summed E-state index contributed by atoms with van der Waals surface area (Å²) in [6.45, 7) is 5.45. The van der Waals surface area contributed by atoms with Crippen LogP contribution in [-0.4, -0.2) is 23.9 Å². The van der Waals surface area contributed by atoms with E-state index in [1.54, 1.807) is 0 Å². The van der Waals surface area contributed by atoms with Crippen molar-refractivity contribution in [2.24, 2.45) is 5.92 Å². The lowest BCUT2D eigenvalue weighted by Gasteiger charge is -2.25. The van der Waals surface area contributed by atoms with E-state index in [2.05, 4.69) is 13.8 Å². The van der Waals surface area contributed by atoms with E-state index in [0.717, 1.165) is 12.5 Å². The highest BCUT2D eigenvalue weighted by Gasteiger charge is 2.60.